The van der Waals surface area contributed by atoms with Crippen molar-refractivity contribution in [3.63, 3.8) is 0 Å². The van der Waals surface area contributed by atoms with Gasteiger partial charge in [-0.3, -0.25) is 9.09 Å². The van der Waals surface area contributed by atoms with Crippen molar-refractivity contribution in [1.82, 2.24) is 14.5 Å². The highest BCUT2D eigenvalue weighted by atomic mass is 32.2. The summed E-state index contributed by atoms with van der Waals surface area (Å²) in [6, 6.07) is 1.43. The molecule has 5 unspecified atom stereocenters. The minimum Gasteiger partial charge on any atom is -0.419 e. The van der Waals surface area contributed by atoms with Crippen molar-refractivity contribution in [2.45, 2.75) is 50.3 Å². The van der Waals surface area contributed by atoms with Crippen LogP contribution in [-0.4, -0.2) is 62.8 Å². The molecule has 1 aromatic rings. The van der Waals surface area contributed by atoms with Crippen molar-refractivity contribution in [3.8, 4) is 0 Å². The average Bonchev–Trinajstić information content (AvgIpc) is 3.01. The number of alkyl halides is 1. The highest BCUT2D eigenvalue weighted by Gasteiger charge is 2.37. The van der Waals surface area contributed by atoms with Gasteiger partial charge in [0.15, 0.2) is 0 Å². The second-order valence-corrected chi connectivity index (χ2v) is 8.57. The quantitative estimate of drug-likeness (QED) is 0.428. The van der Waals surface area contributed by atoms with E-state index in [9.17, 15) is 18.9 Å². The molecule has 0 aromatic carbocycles. The molecule has 10 nitrogen and oxygen atoms in total. The van der Waals surface area contributed by atoms with Crippen LogP contribution in [0.4, 0.5) is 15.0 Å². The van der Waals surface area contributed by atoms with E-state index in [0.29, 0.717) is 13.1 Å². The zero-order valence-corrected chi connectivity index (χ0v) is 18.1. The number of nitrogen functional groups attached to an aromatic ring is 1. The van der Waals surface area contributed by atoms with Crippen LogP contribution in [0.2, 0.25) is 0 Å². The largest absolute Gasteiger partial charge is 0.419 e. The molecule has 2 heterocycles. The first-order valence-electron chi connectivity index (χ1n) is 9.13. The zero-order valence-electron chi connectivity index (χ0n) is 16.4. The van der Waals surface area contributed by atoms with E-state index in [2.05, 4.69) is 4.98 Å². The Morgan fingerprint density at radius 1 is 1.55 bits per heavy atom. The van der Waals surface area contributed by atoms with E-state index in [1.165, 1.54) is 40.4 Å². The molecule has 1 aliphatic heterocycles. The third kappa shape index (κ3) is 6.78. The Hall–Kier alpha value is -1.46. The molecule has 0 aliphatic carbocycles. The molecule has 0 spiro atoms. The third-order valence-corrected chi connectivity index (χ3v) is 6.51. The Morgan fingerprint density at radius 2 is 2.24 bits per heavy atom. The lowest BCUT2D eigenvalue weighted by molar-refractivity contribution is -0.0410. The molecule has 0 saturated carbocycles. The van der Waals surface area contributed by atoms with Crippen LogP contribution in [0.3, 0.4) is 0 Å². The smallest absolute Gasteiger partial charge is 0.412 e. The number of nitrogens with zero attached hydrogens (tertiary/aromatic N) is 3. The number of halogens is 1. The minimum atomic E-state index is -2.32. The lowest BCUT2D eigenvalue weighted by Gasteiger charge is -2.22. The van der Waals surface area contributed by atoms with Gasteiger partial charge in [-0.25, -0.2) is 14.0 Å². The maximum absolute atomic E-state index is 14.4. The maximum Gasteiger partial charge on any atom is 0.412 e. The number of hydrogen-bond donors (Lipinski definition) is 2. The van der Waals surface area contributed by atoms with E-state index in [0.717, 1.165) is 0 Å². The van der Waals surface area contributed by atoms with Crippen molar-refractivity contribution >= 4 is 32.3 Å². The molecule has 2 rings (SSSR count). The Bertz CT molecular complexity index is 740. The maximum atomic E-state index is 14.4. The molecule has 13 heteroatoms. The van der Waals surface area contributed by atoms with Gasteiger partial charge in [0.25, 0.3) is 0 Å². The molecule has 1 saturated heterocycles. The first-order valence-corrected chi connectivity index (χ1v) is 11.2. The van der Waals surface area contributed by atoms with Gasteiger partial charge in [-0.2, -0.15) is 4.98 Å². The Labute approximate surface area is 173 Å². The van der Waals surface area contributed by atoms with Crippen LogP contribution in [0, 0.1) is 0 Å². The van der Waals surface area contributed by atoms with Gasteiger partial charge in [0, 0.05) is 24.5 Å². The van der Waals surface area contributed by atoms with Crippen molar-refractivity contribution in [1.29, 1.82) is 0 Å². The van der Waals surface area contributed by atoms with Gasteiger partial charge in [0.1, 0.15) is 17.4 Å². The molecule has 1 aromatic heterocycles. The first kappa shape index (κ1) is 23.8. The van der Waals surface area contributed by atoms with Crippen molar-refractivity contribution in [3.05, 3.63) is 22.7 Å². The fraction of sp³-hybridized carbons (Fsp3) is 0.688. The van der Waals surface area contributed by atoms with Crippen LogP contribution in [0.5, 0.6) is 0 Å². The van der Waals surface area contributed by atoms with Crippen LogP contribution < -0.4 is 11.4 Å². The van der Waals surface area contributed by atoms with Gasteiger partial charge in [-0.15, -0.1) is 11.8 Å². The summed E-state index contributed by atoms with van der Waals surface area (Å²) < 4.78 is 31.0. The van der Waals surface area contributed by atoms with E-state index in [1.807, 2.05) is 13.8 Å². The molecule has 1 aliphatic rings. The summed E-state index contributed by atoms with van der Waals surface area (Å²) in [4.78, 5) is 38.7. The second kappa shape index (κ2) is 11.1. The van der Waals surface area contributed by atoms with Crippen LogP contribution in [-0.2, 0) is 13.8 Å². The zero-order chi connectivity index (χ0) is 21.6. The van der Waals surface area contributed by atoms with E-state index in [4.69, 9.17) is 19.5 Å². The van der Waals surface area contributed by atoms with Gasteiger partial charge in [0.2, 0.25) is 6.29 Å². The van der Waals surface area contributed by atoms with Gasteiger partial charge in [-0.1, -0.05) is 0 Å². The van der Waals surface area contributed by atoms with E-state index < -0.39 is 38.2 Å². The van der Waals surface area contributed by atoms with E-state index in [-0.39, 0.29) is 24.1 Å². The Kier molecular flexibility index (Phi) is 9.09. The van der Waals surface area contributed by atoms with Crippen molar-refractivity contribution < 1.29 is 27.9 Å². The summed E-state index contributed by atoms with van der Waals surface area (Å²) >= 11 is 1.21. The molecular formula is C16H26FN4O6PS. The fourth-order valence-electron chi connectivity index (χ4n) is 2.70. The predicted octanol–water partition coefficient (Wildman–Crippen LogP) is 2.24. The van der Waals surface area contributed by atoms with Crippen molar-refractivity contribution in [2.75, 3.05) is 25.4 Å². The number of nitrogens with two attached hydrogens (primary N) is 1. The summed E-state index contributed by atoms with van der Waals surface area (Å²) in [5.74, 6) is 0.0726. The van der Waals surface area contributed by atoms with Gasteiger partial charge >= 0.3 is 20.4 Å². The Balaban J connectivity index is 1.79. The molecular weight excluding hydrogens is 426 g/mol. The summed E-state index contributed by atoms with van der Waals surface area (Å²) in [6.07, 6.45) is -1.29. The van der Waals surface area contributed by atoms with Crippen LogP contribution >= 0.6 is 20.4 Å². The van der Waals surface area contributed by atoms with E-state index >= 15 is 0 Å². The fourth-order valence-corrected chi connectivity index (χ4v) is 4.87. The highest BCUT2D eigenvalue weighted by Crippen LogP contribution is 2.45. The Morgan fingerprint density at radius 3 is 2.86 bits per heavy atom. The summed E-state index contributed by atoms with van der Waals surface area (Å²) in [5, 5.41) is -1.04. The number of aromatic nitrogens is 2. The topological polar surface area (TPSA) is 129 Å². The molecule has 5 atom stereocenters. The monoisotopic (exact) mass is 452 g/mol. The predicted molar refractivity (Wildman–Crippen MR) is 108 cm³/mol. The molecule has 164 valence electrons. The second-order valence-electron chi connectivity index (χ2n) is 6.21. The number of thioether (sulfide) groups is 1. The lowest BCUT2D eigenvalue weighted by Crippen LogP contribution is -2.33. The lowest BCUT2D eigenvalue weighted by atomic mass is 10.2. The number of carbonyl (C=O) groups excluding carboxylic acids is 1. The number of hydrogen-bond acceptors (Lipinski definition) is 9. The standard InChI is InChI=1S/C16H26FN4O6PS/c1-4-20(5-2)16(23)26-10(3)27-28(24)25-9-11-8-12(17)14(29-11)21-7-6-13(18)19-15(21)22/h6-7,10-12,14,24H,4-5,8-9H2,1-3H3,(H2,18,19,22). The third-order valence-electron chi connectivity index (χ3n) is 4.15. The minimum absolute atomic E-state index is 0.0116. The first-order chi connectivity index (χ1) is 13.7. The summed E-state index contributed by atoms with van der Waals surface area (Å²) in [6.45, 7) is 6.09. The van der Waals surface area contributed by atoms with Crippen LogP contribution in [0.15, 0.2) is 17.1 Å². The molecule has 1 fully saturated rings. The van der Waals surface area contributed by atoms with Crippen LogP contribution in [0.25, 0.3) is 0 Å². The molecule has 3 N–H and O–H groups in total. The number of anilines is 1. The SMILES string of the molecule is CCN(CC)C(=O)OC(C)OP(O)OCC1CC(F)C(n2ccc(N)nc2=O)S1. The van der Waals surface area contributed by atoms with Gasteiger partial charge < -0.3 is 24.8 Å². The highest BCUT2D eigenvalue weighted by molar-refractivity contribution is 8.00. The summed E-state index contributed by atoms with van der Waals surface area (Å²) in [5.41, 5.74) is 4.83. The van der Waals surface area contributed by atoms with Gasteiger partial charge in [0.05, 0.1) is 6.61 Å². The molecule has 29 heavy (non-hydrogen) atoms. The average molecular weight is 452 g/mol. The van der Waals surface area contributed by atoms with E-state index in [1.54, 1.807) is 0 Å². The molecule has 1 amide bonds. The molecule has 0 bridgehead atoms. The summed E-state index contributed by atoms with van der Waals surface area (Å²) in [7, 11) is -2.32. The number of carbonyl (C=O) groups is 1. The number of rotatable bonds is 9. The van der Waals surface area contributed by atoms with Crippen molar-refractivity contribution in [2.24, 2.45) is 0 Å². The van der Waals surface area contributed by atoms with Crippen LogP contribution in [0.1, 0.15) is 32.6 Å². The van der Waals surface area contributed by atoms with Gasteiger partial charge in [-0.05, 0) is 33.3 Å². The molecule has 0 radical (unpaired) electrons. The normalized spacial score (nSPS) is 23.6. The number of ether oxygens (including phenoxy) is 1. The number of amides is 1.